The van der Waals surface area contributed by atoms with Gasteiger partial charge in [-0.2, -0.15) is 0 Å². The molecule has 1 aliphatic rings. The third kappa shape index (κ3) is 3.51. The number of methoxy groups -OCH3 is 1. The van der Waals surface area contributed by atoms with Crippen molar-refractivity contribution in [1.82, 2.24) is 9.80 Å². The van der Waals surface area contributed by atoms with Crippen LogP contribution < -0.4 is 9.47 Å². The van der Waals surface area contributed by atoms with Gasteiger partial charge < -0.3 is 14.6 Å². The van der Waals surface area contributed by atoms with Gasteiger partial charge in [-0.05, 0) is 30.7 Å². The molecule has 0 aromatic heterocycles. The van der Waals surface area contributed by atoms with Crippen molar-refractivity contribution >= 4 is 29.9 Å². The molecule has 1 aromatic rings. The van der Waals surface area contributed by atoms with E-state index in [1.165, 1.54) is 52.4 Å². The Kier molecular flexibility index (Phi) is 5.30. The highest BCUT2D eigenvalue weighted by Gasteiger charge is 2.37. The predicted octanol–water partition coefficient (Wildman–Crippen LogP) is 0.981. The molecular formula is C17H18N2O7. The Morgan fingerprint density at radius 1 is 1.12 bits per heavy atom. The van der Waals surface area contributed by atoms with E-state index < -0.39 is 29.9 Å². The van der Waals surface area contributed by atoms with Crippen molar-refractivity contribution in [2.75, 3.05) is 21.2 Å². The van der Waals surface area contributed by atoms with Crippen LogP contribution in [0.15, 0.2) is 23.8 Å². The quantitative estimate of drug-likeness (QED) is 0.613. The van der Waals surface area contributed by atoms with Crippen molar-refractivity contribution in [2.24, 2.45) is 0 Å². The molecule has 9 heteroatoms. The van der Waals surface area contributed by atoms with Crippen LogP contribution in [0.25, 0.3) is 6.08 Å². The Balaban J connectivity index is 2.38. The number of rotatable bonds is 5. The molecule has 4 amide bonds. The molecule has 1 saturated heterocycles. The minimum Gasteiger partial charge on any atom is -0.493 e. The van der Waals surface area contributed by atoms with Crippen LogP contribution in [-0.4, -0.2) is 66.0 Å². The second-order valence-corrected chi connectivity index (χ2v) is 5.58. The Morgan fingerprint density at radius 3 is 2.19 bits per heavy atom. The minimum absolute atomic E-state index is 0.177. The number of carboxylic acids is 1. The number of carboxylic acid groups (broad SMARTS) is 1. The van der Waals surface area contributed by atoms with Crippen molar-refractivity contribution in [1.29, 1.82) is 0 Å². The van der Waals surface area contributed by atoms with E-state index in [9.17, 15) is 19.2 Å². The predicted molar refractivity (Wildman–Crippen MR) is 89.6 cm³/mol. The first-order valence-electron chi connectivity index (χ1n) is 7.56. The number of hydrogen-bond acceptors (Lipinski definition) is 6. The van der Waals surface area contributed by atoms with Crippen LogP contribution in [0.4, 0.5) is 4.79 Å². The zero-order chi connectivity index (χ0) is 19.6. The number of nitrogens with zero attached hydrogens (tertiary/aromatic N) is 2. The molecule has 0 bridgehead atoms. The number of hydrogen-bond donors (Lipinski definition) is 1. The van der Waals surface area contributed by atoms with Gasteiger partial charge in [-0.25, -0.2) is 9.59 Å². The molecule has 1 fully saturated rings. The second kappa shape index (κ2) is 7.26. The van der Waals surface area contributed by atoms with E-state index >= 15 is 0 Å². The Hall–Kier alpha value is -3.36. The smallest absolute Gasteiger partial charge is 0.344 e. The lowest BCUT2D eigenvalue weighted by Gasteiger charge is -2.28. The van der Waals surface area contributed by atoms with Crippen LogP contribution in [0, 0.1) is 0 Å². The van der Waals surface area contributed by atoms with Gasteiger partial charge >= 0.3 is 12.0 Å². The summed E-state index contributed by atoms with van der Waals surface area (Å²) in [5.41, 5.74) is 0.272. The lowest BCUT2D eigenvalue weighted by molar-refractivity contribution is -0.144. The molecule has 0 saturated carbocycles. The van der Waals surface area contributed by atoms with E-state index in [0.717, 1.165) is 9.80 Å². The molecule has 0 unspecified atom stereocenters. The highest BCUT2D eigenvalue weighted by atomic mass is 16.5. The Bertz CT molecular complexity index is 789. The van der Waals surface area contributed by atoms with E-state index in [0.29, 0.717) is 5.56 Å². The van der Waals surface area contributed by atoms with Crippen LogP contribution >= 0.6 is 0 Å². The molecule has 1 aromatic carbocycles. The summed E-state index contributed by atoms with van der Waals surface area (Å²) in [6, 6.07) is 3.80. The maximum absolute atomic E-state index is 12.2. The normalized spacial score (nSPS) is 15.8. The highest BCUT2D eigenvalue weighted by molar-refractivity contribution is 6.30. The molecule has 26 heavy (non-hydrogen) atoms. The summed E-state index contributed by atoms with van der Waals surface area (Å²) in [6.45, 7) is 1.37. The van der Waals surface area contributed by atoms with Gasteiger partial charge in [0, 0.05) is 14.1 Å². The minimum atomic E-state index is -1.13. The van der Waals surface area contributed by atoms with Crippen LogP contribution in [0.3, 0.4) is 0 Å². The molecule has 1 N–H and O–H groups in total. The molecule has 1 heterocycles. The molecule has 1 aliphatic heterocycles. The Labute approximate surface area is 149 Å². The molecule has 0 aliphatic carbocycles. The van der Waals surface area contributed by atoms with Gasteiger partial charge in [0.2, 0.25) is 0 Å². The monoisotopic (exact) mass is 362 g/mol. The zero-order valence-corrected chi connectivity index (χ0v) is 14.7. The summed E-state index contributed by atoms with van der Waals surface area (Å²) < 4.78 is 10.5. The molecule has 2 rings (SSSR count). The number of urea groups is 1. The van der Waals surface area contributed by atoms with Crippen LogP contribution in [0.2, 0.25) is 0 Å². The summed E-state index contributed by atoms with van der Waals surface area (Å²) in [4.78, 5) is 48.8. The third-order valence-electron chi connectivity index (χ3n) is 3.79. The number of benzene rings is 1. The molecule has 0 radical (unpaired) electrons. The first-order valence-corrected chi connectivity index (χ1v) is 7.56. The van der Waals surface area contributed by atoms with Crippen molar-refractivity contribution in [2.45, 2.75) is 13.0 Å². The maximum atomic E-state index is 12.2. The summed E-state index contributed by atoms with van der Waals surface area (Å²) in [5, 5.41) is 8.92. The molecular weight excluding hydrogens is 344 g/mol. The first kappa shape index (κ1) is 19.0. The van der Waals surface area contributed by atoms with E-state index in [-0.39, 0.29) is 17.1 Å². The van der Waals surface area contributed by atoms with Crippen molar-refractivity contribution < 1.29 is 33.8 Å². The number of amides is 4. The third-order valence-corrected chi connectivity index (χ3v) is 3.79. The molecule has 0 spiro atoms. The lowest BCUT2D eigenvalue weighted by atomic mass is 10.1. The number of likely N-dealkylation sites (N-methyl/N-ethyl adjacent to an activating group) is 2. The largest absolute Gasteiger partial charge is 0.493 e. The van der Waals surface area contributed by atoms with Gasteiger partial charge in [-0.3, -0.25) is 19.4 Å². The van der Waals surface area contributed by atoms with Crippen LogP contribution in [0.1, 0.15) is 12.5 Å². The van der Waals surface area contributed by atoms with Gasteiger partial charge in [0.25, 0.3) is 11.8 Å². The number of aliphatic carboxylic acids is 1. The average Bonchev–Trinajstić information content (AvgIpc) is 2.62. The fourth-order valence-corrected chi connectivity index (χ4v) is 2.25. The summed E-state index contributed by atoms with van der Waals surface area (Å²) in [6.07, 6.45) is 0.250. The molecule has 138 valence electrons. The van der Waals surface area contributed by atoms with E-state index in [2.05, 4.69) is 0 Å². The fraction of sp³-hybridized carbons (Fsp3) is 0.294. The summed E-state index contributed by atoms with van der Waals surface area (Å²) in [7, 11) is 3.94. The number of carbonyl (C=O) groups is 4. The standard InChI is InChI=1S/C17H18N2O7/c1-9(16(22)23)26-12-6-5-10(8-13(12)25-4)7-11-14(20)18(2)17(24)19(3)15(11)21/h5-9H,1-4H3,(H,22,23)/t9-/m1/s1. The van der Waals surface area contributed by atoms with Crippen molar-refractivity contribution in [3.8, 4) is 11.5 Å². The summed E-state index contributed by atoms with van der Waals surface area (Å²) in [5.74, 6) is -2.11. The van der Waals surface area contributed by atoms with E-state index in [1.54, 1.807) is 0 Å². The lowest BCUT2D eigenvalue weighted by Crippen LogP contribution is -2.52. The summed E-state index contributed by atoms with van der Waals surface area (Å²) >= 11 is 0. The van der Waals surface area contributed by atoms with Crippen LogP contribution in [0.5, 0.6) is 11.5 Å². The highest BCUT2D eigenvalue weighted by Crippen LogP contribution is 2.30. The van der Waals surface area contributed by atoms with Gasteiger partial charge in [-0.1, -0.05) is 6.07 Å². The first-order chi connectivity index (χ1) is 12.2. The number of carbonyl (C=O) groups excluding carboxylic acids is 3. The topological polar surface area (TPSA) is 113 Å². The van der Waals surface area contributed by atoms with Crippen molar-refractivity contribution in [3.63, 3.8) is 0 Å². The molecule has 1 atom stereocenters. The Morgan fingerprint density at radius 2 is 1.69 bits per heavy atom. The van der Waals surface area contributed by atoms with E-state index in [4.69, 9.17) is 14.6 Å². The SMILES string of the molecule is COc1cc(C=C2C(=O)N(C)C(=O)N(C)C2=O)ccc1O[C@H](C)C(=O)O. The average molecular weight is 362 g/mol. The van der Waals surface area contributed by atoms with Gasteiger partial charge in [-0.15, -0.1) is 0 Å². The maximum Gasteiger partial charge on any atom is 0.344 e. The number of imide groups is 2. The zero-order valence-electron chi connectivity index (χ0n) is 14.7. The van der Waals surface area contributed by atoms with Gasteiger partial charge in [0.15, 0.2) is 17.6 Å². The second-order valence-electron chi connectivity index (χ2n) is 5.58. The van der Waals surface area contributed by atoms with Gasteiger partial charge in [0.05, 0.1) is 7.11 Å². The fourth-order valence-electron chi connectivity index (χ4n) is 2.25. The van der Waals surface area contributed by atoms with Crippen LogP contribution in [-0.2, 0) is 14.4 Å². The number of ether oxygens (including phenoxy) is 2. The number of barbiturate groups is 1. The molecule has 9 nitrogen and oxygen atoms in total. The van der Waals surface area contributed by atoms with E-state index in [1.807, 2.05) is 0 Å². The van der Waals surface area contributed by atoms with Gasteiger partial charge in [0.1, 0.15) is 5.57 Å². The van der Waals surface area contributed by atoms with Crippen molar-refractivity contribution in [3.05, 3.63) is 29.3 Å².